The number of benzene rings is 2. The van der Waals surface area contributed by atoms with Crippen molar-refractivity contribution in [2.45, 2.75) is 0 Å². The van der Waals surface area contributed by atoms with Crippen LogP contribution in [0.4, 0.5) is 10.1 Å². The number of carbonyl (C=O) groups excluding carboxylic acids is 3. The summed E-state index contributed by atoms with van der Waals surface area (Å²) in [5.74, 6) is -2.53. The van der Waals surface area contributed by atoms with Crippen LogP contribution >= 0.6 is 0 Å². The van der Waals surface area contributed by atoms with Crippen molar-refractivity contribution in [2.24, 2.45) is 0 Å². The highest BCUT2D eigenvalue weighted by Gasteiger charge is 2.20. The summed E-state index contributed by atoms with van der Waals surface area (Å²) in [6, 6.07) is 9.82. The highest BCUT2D eigenvalue weighted by atomic mass is 19.1. The Morgan fingerprint density at radius 2 is 1.80 bits per heavy atom. The Labute approximate surface area is 141 Å². The lowest BCUT2D eigenvalue weighted by molar-refractivity contribution is -0.112. The Morgan fingerprint density at radius 1 is 1.08 bits per heavy atom. The number of halogens is 1. The second kappa shape index (κ2) is 6.56. The molecule has 0 radical (unpaired) electrons. The molecule has 126 valence electrons. The predicted molar refractivity (Wildman–Crippen MR) is 89.0 cm³/mol. The van der Waals surface area contributed by atoms with Crippen LogP contribution in [-0.2, 0) is 9.53 Å². The monoisotopic (exact) mass is 340 g/mol. The van der Waals surface area contributed by atoms with Gasteiger partial charge in [-0.15, -0.1) is 0 Å². The molecule has 7 heteroatoms. The van der Waals surface area contributed by atoms with E-state index in [4.69, 9.17) is 0 Å². The van der Waals surface area contributed by atoms with Crippen LogP contribution in [0, 0.1) is 5.82 Å². The van der Waals surface area contributed by atoms with Crippen LogP contribution in [0.25, 0.3) is 10.9 Å². The zero-order valence-electron chi connectivity index (χ0n) is 13.1. The van der Waals surface area contributed by atoms with Gasteiger partial charge < -0.3 is 15.0 Å². The molecule has 25 heavy (non-hydrogen) atoms. The summed E-state index contributed by atoms with van der Waals surface area (Å²) in [6.45, 7) is 0. The molecule has 3 rings (SSSR count). The fraction of sp³-hybridized carbons (Fsp3) is 0.0556. The Balaban J connectivity index is 1.78. The number of rotatable bonds is 4. The Bertz CT molecular complexity index is 976. The van der Waals surface area contributed by atoms with Gasteiger partial charge >= 0.3 is 5.97 Å². The molecule has 1 aromatic heterocycles. The number of nitrogens with one attached hydrogen (secondary N) is 2. The minimum Gasteiger partial charge on any atom is -0.465 e. The number of fused-ring (bicyclic) bond motifs is 1. The molecule has 0 aliphatic carbocycles. The Morgan fingerprint density at radius 3 is 2.48 bits per heavy atom. The zero-order valence-corrected chi connectivity index (χ0v) is 13.1. The maximum Gasteiger partial charge on any atom is 0.337 e. The number of hydrogen-bond acceptors (Lipinski definition) is 4. The van der Waals surface area contributed by atoms with Crippen LogP contribution in [0.3, 0.4) is 0 Å². The topological polar surface area (TPSA) is 88.3 Å². The molecule has 0 unspecified atom stereocenters. The minimum absolute atomic E-state index is 0.152. The zero-order chi connectivity index (χ0) is 18.0. The summed E-state index contributed by atoms with van der Waals surface area (Å²) in [6.07, 6.45) is 1.37. The van der Waals surface area contributed by atoms with Crippen LogP contribution in [0.15, 0.2) is 48.7 Å². The molecule has 0 aliphatic heterocycles. The number of ketones is 1. The molecular weight excluding hydrogens is 327 g/mol. The van der Waals surface area contributed by atoms with Gasteiger partial charge in [0.05, 0.1) is 18.2 Å². The van der Waals surface area contributed by atoms with Gasteiger partial charge in [0.1, 0.15) is 5.82 Å². The standard InChI is InChI=1S/C18H13FN2O4/c1-25-18(24)10-2-5-12(6-3-10)21-17(23)16(22)14-9-20-15-8-11(19)4-7-13(14)15/h2-9,20H,1H3,(H,21,23). The summed E-state index contributed by atoms with van der Waals surface area (Å²) in [5, 5.41) is 2.92. The van der Waals surface area contributed by atoms with Crippen molar-refractivity contribution in [3.8, 4) is 0 Å². The molecule has 1 amide bonds. The van der Waals surface area contributed by atoms with Crippen LogP contribution in [0.5, 0.6) is 0 Å². The van der Waals surface area contributed by atoms with E-state index in [1.165, 1.54) is 55.8 Å². The molecule has 0 spiro atoms. The molecule has 1 heterocycles. The van der Waals surface area contributed by atoms with Crippen molar-refractivity contribution in [1.29, 1.82) is 0 Å². The molecule has 0 atom stereocenters. The maximum absolute atomic E-state index is 13.2. The second-order valence-electron chi connectivity index (χ2n) is 5.24. The number of hydrogen-bond donors (Lipinski definition) is 2. The lowest BCUT2D eigenvalue weighted by Crippen LogP contribution is -2.22. The maximum atomic E-state index is 13.2. The molecule has 0 saturated heterocycles. The van der Waals surface area contributed by atoms with E-state index in [-0.39, 0.29) is 5.56 Å². The van der Waals surface area contributed by atoms with E-state index >= 15 is 0 Å². The molecule has 6 nitrogen and oxygen atoms in total. The van der Waals surface area contributed by atoms with Gasteiger partial charge in [0, 0.05) is 22.8 Å². The van der Waals surface area contributed by atoms with Gasteiger partial charge in [-0.3, -0.25) is 9.59 Å². The third kappa shape index (κ3) is 3.25. The van der Waals surface area contributed by atoms with Crippen molar-refractivity contribution in [2.75, 3.05) is 12.4 Å². The van der Waals surface area contributed by atoms with Crippen LogP contribution in [0.2, 0.25) is 0 Å². The number of methoxy groups -OCH3 is 1. The van der Waals surface area contributed by atoms with Crippen molar-refractivity contribution in [1.82, 2.24) is 4.98 Å². The average molecular weight is 340 g/mol. The van der Waals surface area contributed by atoms with E-state index in [0.717, 1.165) is 0 Å². The Kier molecular flexibility index (Phi) is 4.30. The fourth-order valence-corrected chi connectivity index (χ4v) is 2.40. The molecule has 0 bridgehead atoms. The van der Waals surface area contributed by atoms with E-state index in [0.29, 0.717) is 22.2 Å². The molecule has 0 saturated carbocycles. The lowest BCUT2D eigenvalue weighted by Gasteiger charge is -2.05. The molecule has 2 aromatic carbocycles. The molecular formula is C18H13FN2O4. The number of Topliss-reactive ketones (excluding diaryl/α,β-unsaturated/α-hetero) is 1. The number of anilines is 1. The molecule has 0 aliphatic rings. The summed E-state index contributed by atoms with van der Waals surface area (Å²) < 4.78 is 17.8. The average Bonchev–Trinajstić information content (AvgIpc) is 3.03. The van der Waals surface area contributed by atoms with E-state index in [1.54, 1.807) is 0 Å². The lowest BCUT2D eigenvalue weighted by atomic mass is 10.1. The van der Waals surface area contributed by atoms with Crippen LogP contribution in [0.1, 0.15) is 20.7 Å². The summed E-state index contributed by atoms with van der Waals surface area (Å²) >= 11 is 0. The van der Waals surface area contributed by atoms with E-state index < -0.39 is 23.5 Å². The van der Waals surface area contributed by atoms with Crippen molar-refractivity contribution < 1.29 is 23.5 Å². The van der Waals surface area contributed by atoms with E-state index in [2.05, 4.69) is 15.0 Å². The first-order valence-electron chi connectivity index (χ1n) is 7.30. The number of esters is 1. The molecule has 2 N–H and O–H groups in total. The first-order valence-corrected chi connectivity index (χ1v) is 7.30. The smallest absolute Gasteiger partial charge is 0.337 e. The van der Waals surface area contributed by atoms with Crippen molar-refractivity contribution >= 4 is 34.3 Å². The van der Waals surface area contributed by atoms with Gasteiger partial charge in [-0.1, -0.05) is 0 Å². The molecule has 3 aromatic rings. The fourth-order valence-electron chi connectivity index (χ4n) is 2.40. The van der Waals surface area contributed by atoms with Gasteiger partial charge in [-0.2, -0.15) is 0 Å². The summed E-state index contributed by atoms with van der Waals surface area (Å²) in [5.41, 5.74) is 1.26. The van der Waals surface area contributed by atoms with Gasteiger partial charge in [-0.25, -0.2) is 9.18 Å². The first kappa shape index (κ1) is 16.4. The highest BCUT2D eigenvalue weighted by molar-refractivity contribution is 6.48. The second-order valence-corrected chi connectivity index (χ2v) is 5.24. The number of ether oxygens (including phenoxy) is 1. The largest absolute Gasteiger partial charge is 0.465 e. The van der Waals surface area contributed by atoms with E-state index in [1.807, 2.05) is 0 Å². The van der Waals surface area contributed by atoms with Crippen LogP contribution in [-0.4, -0.2) is 29.8 Å². The third-order valence-electron chi connectivity index (χ3n) is 3.66. The normalized spacial score (nSPS) is 10.5. The van der Waals surface area contributed by atoms with Crippen molar-refractivity contribution in [3.05, 3.63) is 65.6 Å². The third-order valence-corrected chi connectivity index (χ3v) is 3.66. The number of carbonyl (C=O) groups is 3. The van der Waals surface area contributed by atoms with E-state index in [9.17, 15) is 18.8 Å². The molecule has 0 fully saturated rings. The summed E-state index contributed by atoms with van der Waals surface area (Å²) in [4.78, 5) is 38.6. The Hall–Kier alpha value is -3.48. The van der Waals surface area contributed by atoms with Crippen LogP contribution < -0.4 is 5.32 Å². The van der Waals surface area contributed by atoms with Gasteiger partial charge in [-0.05, 0) is 42.5 Å². The predicted octanol–water partition coefficient (Wildman–Crippen LogP) is 2.92. The van der Waals surface area contributed by atoms with Gasteiger partial charge in [0.15, 0.2) is 0 Å². The number of aromatic nitrogens is 1. The highest BCUT2D eigenvalue weighted by Crippen LogP contribution is 2.20. The number of H-pyrrole nitrogens is 1. The SMILES string of the molecule is COC(=O)c1ccc(NC(=O)C(=O)c2c[nH]c3cc(F)ccc23)cc1. The summed E-state index contributed by atoms with van der Waals surface area (Å²) in [7, 11) is 1.27. The van der Waals surface area contributed by atoms with Gasteiger partial charge in [0.25, 0.3) is 11.7 Å². The first-order chi connectivity index (χ1) is 12.0. The van der Waals surface area contributed by atoms with Gasteiger partial charge in [0.2, 0.25) is 0 Å². The quantitative estimate of drug-likeness (QED) is 0.434. The van der Waals surface area contributed by atoms with Crippen molar-refractivity contribution in [3.63, 3.8) is 0 Å². The number of aromatic amines is 1. The number of amides is 1. The minimum atomic E-state index is -0.837.